The van der Waals surface area contributed by atoms with Crippen molar-refractivity contribution in [3.05, 3.63) is 57.3 Å². The van der Waals surface area contributed by atoms with Crippen LogP contribution in [-0.4, -0.2) is 48.1 Å². The topological polar surface area (TPSA) is 76.1 Å². The monoisotopic (exact) mass is 399 g/mol. The normalized spacial score (nSPS) is 23.1. The molecule has 0 spiro atoms. The Morgan fingerprint density at radius 3 is 2.89 bits per heavy atom. The molecular formula is C21H21NO5S. The van der Waals surface area contributed by atoms with Crippen LogP contribution in [0.1, 0.15) is 29.0 Å². The van der Waals surface area contributed by atoms with Gasteiger partial charge in [-0.1, -0.05) is 6.07 Å². The molecule has 2 aromatic rings. The number of likely N-dealkylation sites (tertiary alicyclic amines) is 1. The van der Waals surface area contributed by atoms with Gasteiger partial charge in [0.05, 0.1) is 18.2 Å². The van der Waals surface area contributed by atoms with Gasteiger partial charge < -0.3 is 19.5 Å². The summed E-state index contributed by atoms with van der Waals surface area (Å²) < 4.78 is 10.8. The summed E-state index contributed by atoms with van der Waals surface area (Å²) in [5, 5.41) is 12.9. The minimum atomic E-state index is -0.669. The van der Waals surface area contributed by atoms with Crippen LogP contribution < -0.4 is 4.74 Å². The molecule has 2 atom stereocenters. The zero-order chi connectivity index (χ0) is 19.8. The minimum Gasteiger partial charge on any atom is -0.507 e. The molecule has 28 heavy (non-hydrogen) atoms. The average molecular weight is 399 g/mol. The lowest BCUT2D eigenvalue weighted by Crippen LogP contribution is -2.32. The van der Waals surface area contributed by atoms with E-state index in [0.717, 1.165) is 22.6 Å². The van der Waals surface area contributed by atoms with Gasteiger partial charge in [-0.15, -0.1) is 11.3 Å². The van der Waals surface area contributed by atoms with E-state index in [1.54, 1.807) is 19.2 Å². The van der Waals surface area contributed by atoms with Gasteiger partial charge in [0.15, 0.2) is 0 Å². The van der Waals surface area contributed by atoms with Crippen molar-refractivity contribution in [1.82, 2.24) is 4.90 Å². The van der Waals surface area contributed by atoms with E-state index >= 15 is 0 Å². The third kappa shape index (κ3) is 3.10. The zero-order valence-corrected chi connectivity index (χ0v) is 16.5. The van der Waals surface area contributed by atoms with Gasteiger partial charge >= 0.3 is 0 Å². The molecule has 1 aromatic carbocycles. The standard InChI is InChI=1S/C21H21NO5S/c1-12-10-14-11-13(5-6-15(14)27-12)19(23)17-18(16-4-3-9-28-16)22(7-8-26-2)21(25)20(17)24/h3-6,9,11-12,18,23H,7-8,10H2,1-2H3. The van der Waals surface area contributed by atoms with Crippen molar-refractivity contribution in [2.24, 2.45) is 0 Å². The van der Waals surface area contributed by atoms with Crippen LogP contribution in [0.4, 0.5) is 0 Å². The summed E-state index contributed by atoms with van der Waals surface area (Å²) in [7, 11) is 1.55. The van der Waals surface area contributed by atoms with Gasteiger partial charge in [0.1, 0.15) is 17.6 Å². The highest BCUT2D eigenvalue weighted by Gasteiger charge is 2.46. The molecule has 7 heteroatoms. The summed E-state index contributed by atoms with van der Waals surface area (Å²) in [5.41, 5.74) is 1.62. The van der Waals surface area contributed by atoms with E-state index in [1.807, 2.05) is 30.5 Å². The second-order valence-electron chi connectivity index (χ2n) is 6.96. The van der Waals surface area contributed by atoms with Crippen molar-refractivity contribution in [1.29, 1.82) is 0 Å². The number of amides is 1. The van der Waals surface area contributed by atoms with Crippen LogP contribution in [0.3, 0.4) is 0 Å². The lowest BCUT2D eigenvalue weighted by atomic mass is 9.98. The number of aliphatic hydroxyl groups excluding tert-OH is 1. The molecule has 0 radical (unpaired) electrons. The lowest BCUT2D eigenvalue weighted by molar-refractivity contribution is -0.140. The average Bonchev–Trinajstić information content (AvgIpc) is 3.38. The predicted molar refractivity (Wildman–Crippen MR) is 105 cm³/mol. The summed E-state index contributed by atoms with van der Waals surface area (Å²) in [6, 6.07) is 8.48. The van der Waals surface area contributed by atoms with Crippen molar-refractivity contribution < 1.29 is 24.2 Å². The van der Waals surface area contributed by atoms with E-state index in [-0.39, 0.29) is 24.0 Å². The Bertz CT molecular complexity index is 950. The van der Waals surface area contributed by atoms with Crippen LogP contribution in [0.25, 0.3) is 5.76 Å². The number of carbonyl (C=O) groups excluding carboxylic acids is 2. The Hall–Kier alpha value is -2.64. The molecule has 0 saturated carbocycles. The smallest absolute Gasteiger partial charge is 0.295 e. The third-order valence-corrected chi connectivity index (χ3v) is 5.98. The second-order valence-corrected chi connectivity index (χ2v) is 7.94. The quantitative estimate of drug-likeness (QED) is 0.475. The largest absolute Gasteiger partial charge is 0.507 e. The number of Topliss-reactive ketones (excluding diaryl/α,β-unsaturated/α-hetero) is 1. The molecule has 4 rings (SSSR count). The van der Waals surface area contributed by atoms with Gasteiger partial charge in [-0.05, 0) is 42.1 Å². The first kappa shape index (κ1) is 18.7. The molecule has 0 bridgehead atoms. The van der Waals surface area contributed by atoms with Crippen LogP contribution in [0.5, 0.6) is 5.75 Å². The molecule has 2 aliphatic rings. The number of fused-ring (bicyclic) bond motifs is 1. The number of hydrogen-bond donors (Lipinski definition) is 1. The molecule has 3 heterocycles. The number of methoxy groups -OCH3 is 1. The van der Waals surface area contributed by atoms with Crippen molar-refractivity contribution in [3.8, 4) is 5.75 Å². The van der Waals surface area contributed by atoms with Gasteiger partial charge in [0, 0.05) is 30.5 Å². The lowest BCUT2D eigenvalue weighted by Gasteiger charge is -2.23. The summed E-state index contributed by atoms with van der Waals surface area (Å²) in [4.78, 5) is 27.8. The fourth-order valence-electron chi connectivity index (χ4n) is 3.77. The Kier molecular flexibility index (Phi) is 4.95. The highest BCUT2D eigenvalue weighted by molar-refractivity contribution is 7.10. The number of thiophene rings is 1. The molecule has 1 N–H and O–H groups in total. The van der Waals surface area contributed by atoms with Gasteiger partial charge in [-0.25, -0.2) is 0 Å². The van der Waals surface area contributed by atoms with Crippen LogP contribution in [0.2, 0.25) is 0 Å². The number of carbonyl (C=O) groups is 2. The molecule has 6 nitrogen and oxygen atoms in total. The number of ether oxygens (including phenoxy) is 2. The van der Waals surface area contributed by atoms with Crippen molar-refractivity contribution in [2.75, 3.05) is 20.3 Å². The molecule has 1 amide bonds. The van der Waals surface area contributed by atoms with Crippen LogP contribution >= 0.6 is 11.3 Å². The molecule has 1 aromatic heterocycles. The second kappa shape index (κ2) is 7.41. The van der Waals surface area contributed by atoms with Gasteiger partial charge in [0.2, 0.25) is 0 Å². The Balaban J connectivity index is 1.80. The van der Waals surface area contributed by atoms with E-state index in [2.05, 4.69) is 0 Å². The van der Waals surface area contributed by atoms with Crippen LogP contribution in [0, 0.1) is 0 Å². The third-order valence-electron chi connectivity index (χ3n) is 5.06. The summed E-state index contributed by atoms with van der Waals surface area (Å²) in [5.74, 6) is -0.648. The Morgan fingerprint density at radius 1 is 1.36 bits per heavy atom. The summed E-state index contributed by atoms with van der Waals surface area (Å²) in [6.07, 6.45) is 0.825. The van der Waals surface area contributed by atoms with E-state index in [0.29, 0.717) is 12.2 Å². The van der Waals surface area contributed by atoms with Crippen LogP contribution in [0.15, 0.2) is 41.3 Å². The van der Waals surface area contributed by atoms with Crippen molar-refractivity contribution in [2.45, 2.75) is 25.5 Å². The first-order valence-corrected chi connectivity index (χ1v) is 10.00. The van der Waals surface area contributed by atoms with E-state index in [9.17, 15) is 14.7 Å². The fraction of sp³-hybridized carbons (Fsp3) is 0.333. The van der Waals surface area contributed by atoms with E-state index in [1.165, 1.54) is 16.2 Å². The molecule has 2 aliphatic heterocycles. The number of benzene rings is 1. The maximum atomic E-state index is 12.8. The fourth-order valence-corrected chi connectivity index (χ4v) is 4.61. The number of ketones is 1. The molecule has 2 unspecified atom stereocenters. The minimum absolute atomic E-state index is 0.0816. The Labute approximate surface area is 167 Å². The van der Waals surface area contributed by atoms with Crippen molar-refractivity contribution in [3.63, 3.8) is 0 Å². The highest BCUT2D eigenvalue weighted by Crippen LogP contribution is 2.41. The summed E-state index contributed by atoms with van der Waals surface area (Å²) in [6.45, 7) is 2.57. The predicted octanol–water partition coefficient (Wildman–Crippen LogP) is 3.14. The number of nitrogens with zero attached hydrogens (tertiary/aromatic N) is 1. The molecule has 146 valence electrons. The van der Waals surface area contributed by atoms with Gasteiger partial charge in [-0.3, -0.25) is 9.59 Å². The highest BCUT2D eigenvalue weighted by atomic mass is 32.1. The van der Waals surface area contributed by atoms with Gasteiger partial charge in [0.25, 0.3) is 11.7 Å². The Morgan fingerprint density at radius 2 is 2.18 bits per heavy atom. The maximum absolute atomic E-state index is 12.8. The van der Waals surface area contributed by atoms with Gasteiger partial charge in [-0.2, -0.15) is 0 Å². The number of rotatable bonds is 5. The maximum Gasteiger partial charge on any atom is 0.295 e. The van der Waals surface area contributed by atoms with E-state index < -0.39 is 17.7 Å². The van der Waals surface area contributed by atoms with Crippen molar-refractivity contribution >= 4 is 28.8 Å². The zero-order valence-electron chi connectivity index (χ0n) is 15.7. The molecule has 1 saturated heterocycles. The van der Waals surface area contributed by atoms with E-state index in [4.69, 9.17) is 9.47 Å². The first-order valence-electron chi connectivity index (χ1n) is 9.12. The SMILES string of the molecule is COCCN1C(=O)C(=O)C(=C(O)c2ccc3c(c2)CC(C)O3)C1c1cccs1. The number of aliphatic hydroxyl groups is 1. The first-order chi connectivity index (χ1) is 13.5. The molecular weight excluding hydrogens is 378 g/mol. The molecule has 1 fully saturated rings. The number of hydrogen-bond acceptors (Lipinski definition) is 6. The van der Waals surface area contributed by atoms with Crippen LogP contribution in [-0.2, 0) is 20.7 Å². The summed E-state index contributed by atoms with van der Waals surface area (Å²) >= 11 is 1.45. The molecule has 0 aliphatic carbocycles.